The molecule has 4 atom stereocenters. The van der Waals surface area contributed by atoms with E-state index in [-0.39, 0.29) is 6.42 Å². The maximum absolute atomic E-state index is 10.5. The van der Waals surface area contributed by atoms with E-state index < -0.39 is 41.5 Å². The lowest BCUT2D eigenvalue weighted by Gasteiger charge is -2.35. The van der Waals surface area contributed by atoms with Crippen LogP contribution in [0.1, 0.15) is 6.42 Å². The molecule has 0 aromatic heterocycles. The van der Waals surface area contributed by atoms with Gasteiger partial charge in [-0.05, 0) is 0 Å². The molecule has 1 rings (SSSR count). The fourth-order valence-corrected chi connectivity index (χ4v) is 1.99. The van der Waals surface area contributed by atoms with Crippen molar-refractivity contribution >= 4 is 10.3 Å². The summed E-state index contributed by atoms with van der Waals surface area (Å²) >= 11 is 0. The second-order valence-electron chi connectivity index (χ2n) is 3.25. The van der Waals surface area contributed by atoms with Crippen molar-refractivity contribution in [2.75, 3.05) is 6.61 Å². The van der Waals surface area contributed by atoms with Crippen molar-refractivity contribution in [3.05, 3.63) is 0 Å². The Balaban J connectivity index is 2.66. The Bertz CT molecular complexity index is 293. The van der Waals surface area contributed by atoms with Crippen LogP contribution in [0.3, 0.4) is 0 Å². The van der Waals surface area contributed by atoms with E-state index >= 15 is 0 Å². The molecule has 0 aliphatic carbocycles. The Morgan fingerprint density at radius 2 is 2.00 bits per heavy atom. The fourth-order valence-electron chi connectivity index (χ4n) is 1.37. The first kappa shape index (κ1) is 12.8. The lowest BCUT2D eigenvalue weighted by Crippen LogP contribution is -2.57. The summed E-state index contributed by atoms with van der Waals surface area (Å²) in [4.78, 5) is 0. The molecule has 1 fully saturated rings. The van der Waals surface area contributed by atoms with E-state index in [1.807, 2.05) is 0 Å². The van der Waals surface area contributed by atoms with Gasteiger partial charge in [0.1, 0.15) is 6.04 Å². The van der Waals surface area contributed by atoms with Crippen LogP contribution in [0.5, 0.6) is 0 Å². The zero-order valence-corrected chi connectivity index (χ0v) is 8.46. The van der Waals surface area contributed by atoms with Gasteiger partial charge in [0, 0.05) is 6.42 Å². The highest BCUT2D eigenvalue weighted by Crippen LogP contribution is 2.19. The van der Waals surface area contributed by atoms with Crippen LogP contribution in [0.4, 0.5) is 0 Å². The van der Waals surface area contributed by atoms with Crippen LogP contribution in [-0.2, 0) is 15.0 Å². The molecule has 0 amide bonds. The lowest BCUT2D eigenvalue weighted by molar-refractivity contribution is -0.211. The second-order valence-corrected chi connectivity index (χ2v) is 4.44. The van der Waals surface area contributed by atoms with Crippen molar-refractivity contribution in [2.24, 2.45) is 0 Å². The summed E-state index contributed by atoms with van der Waals surface area (Å²) in [5, 5.41) is 27.4. The largest absolute Gasteiger partial charge is 0.394 e. The van der Waals surface area contributed by atoms with E-state index in [4.69, 9.17) is 14.4 Å². The first-order valence-corrected chi connectivity index (χ1v) is 5.64. The summed E-state index contributed by atoms with van der Waals surface area (Å²) < 4.78 is 35.8. The van der Waals surface area contributed by atoms with Crippen LogP contribution >= 0.6 is 0 Å². The second kappa shape index (κ2) is 4.70. The molecule has 2 unspecified atom stereocenters. The molecule has 0 radical (unpaired) electrons. The number of aliphatic hydroxyl groups is 3. The normalized spacial score (nSPS) is 37.9. The molecule has 9 heteroatoms. The molecule has 1 heterocycles. The summed E-state index contributed by atoms with van der Waals surface area (Å²) in [6.07, 6.45) is -3.66. The first-order chi connectivity index (χ1) is 6.83. The predicted molar refractivity (Wildman–Crippen MR) is 47.1 cm³/mol. The summed E-state index contributed by atoms with van der Waals surface area (Å²) in [7, 11) is -4.53. The Kier molecular flexibility index (Phi) is 4.00. The lowest BCUT2D eigenvalue weighted by atomic mass is 10.0. The quantitative estimate of drug-likeness (QED) is 0.338. The van der Waals surface area contributed by atoms with E-state index in [0.717, 1.165) is 0 Å². The third-order valence-corrected chi connectivity index (χ3v) is 2.62. The van der Waals surface area contributed by atoms with Gasteiger partial charge in [-0.2, -0.15) is 13.1 Å². The molecule has 8 nitrogen and oxygen atoms in total. The van der Waals surface area contributed by atoms with Gasteiger partial charge in [0.25, 0.3) is 0 Å². The Morgan fingerprint density at radius 3 is 2.40 bits per heavy atom. The third-order valence-electron chi connectivity index (χ3n) is 2.05. The molecule has 0 spiro atoms. The van der Waals surface area contributed by atoms with Crippen LogP contribution in [0, 0.1) is 0 Å². The van der Waals surface area contributed by atoms with Crippen LogP contribution in [0.15, 0.2) is 0 Å². The van der Waals surface area contributed by atoms with Gasteiger partial charge in [0.15, 0.2) is 6.29 Å². The molecule has 0 saturated carbocycles. The van der Waals surface area contributed by atoms with Gasteiger partial charge in [0.2, 0.25) is 0 Å². The SMILES string of the molecule is O=S(=O)(O)NC1[C@H](O)CC(CO)O[C@H]1O. The molecular formula is C6H13NO7S. The van der Waals surface area contributed by atoms with Gasteiger partial charge in [-0.1, -0.05) is 0 Å². The van der Waals surface area contributed by atoms with Crippen molar-refractivity contribution in [1.29, 1.82) is 0 Å². The van der Waals surface area contributed by atoms with Crippen LogP contribution in [0.25, 0.3) is 0 Å². The highest BCUT2D eigenvalue weighted by Gasteiger charge is 2.38. The number of nitrogens with one attached hydrogen (secondary N) is 1. The van der Waals surface area contributed by atoms with Gasteiger partial charge in [0.05, 0.1) is 18.8 Å². The molecule has 1 aliphatic heterocycles. The molecule has 0 aromatic rings. The van der Waals surface area contributed by atoms with E-state index in [1.54, 1.807) is 4.72 Å². The maximum atomic E-state index is 10.5. The van der Waals surface area contributed by atoms with Crippen molar-refractivity contribution in [2.45, 2.75) is 31.0 Å². The number of aliphatic hydroxyl groups excluding tert-OH is 3. The van der Waals surface area contributed by atoms with E-state index in [0.29, 0.717) is 0 Å². The van der Waals surface area contributed by atoms with Crippen molar-refractivity contribution in [3.63, 3.8) is 0 Å². The molecule has 1 aliphatic rings. The number of rotatable bonds is 3. The molecule has 1 saturated heterocycles. The van der Waals surface area contributed by atoms with Crippen molar-refractivity contribution in [1.82, 2.24) is 4.72 Å². The van der Waals surface area contributed by atoms with Crippen molar-refractivity contribution in [3.8, 4) is 0 Å². The van der Waals surface area contributed by atoms with Gasteiger partial charge in [-0.25, -0.2) is 0 Å². The Morgan fingerprint density at radius 1 is 1.40 bits per heavy atom. The minimum atomic E-state index is -4.53. The van der Waals surface area contributed by atoms with Gasteiger partial charge in [-0.3, -0.25) is 4.55 Å². The number of hydrogen-bond acceptors (Lipinski definition) is 6. The topological polar surface area (TPSA) is 136 Å². The summed E-state index contributed by atoms with van der Waals surface area (Å²) in [5.41, 5.74) is 0. The van der Waals surface area contributed by atoms with Crippen molar-refractivity contribution < 1.29 is 33.0 Å². The zero-order chi connectivity index (χ0) is 11.6. The monoisotopic (exact) mass is 243 g/mol. The summed E-state index contributed by atoms with van der Waals surface area (Å²) in [5.74, 6) is 0. The van der Waals surface area contributed by atoms with Crippen LogP contribution in [-0.4, -0.2) is 59.4 Å². The Hall–Kier alpha value is -0.290. The standard InChI is InChI=1S/C6H13NO7S/c8-2-3-1-4(9)5(6(10)14-3)7-15(11,12)13/h3-10H,1-2H2,(H,11,12,13)/t3?,4-,5?,6-/m1/s1. The van der Waals surface area contributed by atoms with Gasteiger partial charge >= 0.3 is 10.3 Å². The summed E-state index contributed by atoms with van der Waals surface area (Å²) in [6, 6.07) is -1.34. The van der Waals surface area contributed by atoms with Gasteiger partial charge < -0.3 is 20.1 Å². The van der Waals surface area contributed by atoms with Crippen LogP contribution < -0.4 is 4.72 Å². The minimum absolute atomic E-state index is 0.0409. The first-order valence-electron chi connectivity index (χ1n) is 4.20. The maximum Gasteiger partial charge on any atom is 0.333 e. The molecule has 0 bridgehead atoms. The highest BCUT2D eigenvalue weighted by molar-refractivity contribution is 7.83. The molecule has 15 heavy (non-hydrogen) atoms. The number of hydrogen-bond donors (Lipinski definition) is 5. The average molecular weight is 243 g/mol. The molecule has 0 aromatic carbocycles. The molecule has 90 valence electrons. The van der Waals surface area contributed by atoms with E-state index in [9.17, 15) is 18.6 Å². The van der Waals surface area contributed by atoms with Gasteiger partial charge in [-0.15, -0.1) is 0 Å². The summed E-state index contributed by atoms with van der Waals surface area (Å²) in [6.45, 7) is -0.396. The number of ether oxygens (including phenoxy) is 1. The predicted octanol–water partition coefficient (Wildman–Crippen LogP) is -2.79. The molecule has 5 N–H and O–H groups in total. The smallest absolute Gasteiger partial charge is 0.333 e. The average Bonchev–Trinajstić information content (AvgIpc) is 2.09. The van der Waals surface area contributed by atoms with E-state index in [1.165, 1.54) is 0 Å². The Labute approximate surface area is 86.4 Å². The minimum Gasteiger partial charge on any atom is -0.394 e. The van der Waals surface area contributed by atoms with Crippen LogP contribution in [0.2, 0.25) is 0 Å². The zero-order valence-electron chi connectivity index (χ0n) is 7.65. The van der Waals surface area contributed by atoms with E-state index in [2.05, 4.69) is 0 Å². The fraction of sp³-hybridized carbons (Fsp3) is 1.00. The molecular weight excluding hydrogens is 230 g/mol. The highest BCUT2D eigenvalue weighted by atomic mass is 32.2. The third kappa shape index (κ3) is 3.65.